The number of fused-ring (bicyclic) bond motifs is 1. The molecule has 2 saturated heterocycles. The van der Waals surface area contributed by atoms with E-state index in [2.05, 4.69) is 22.0 Å². The predicted octanol–water partition coefficient (Wildman–Crippen LogP) is 1.34. The first kappa shape index (κ1) is 17.2. The average Bonchev–Trinajstić information content (AvgIpc) is 3.04. The maximum absolute atomic E-state index is 13.4. The Morgan fingerprint density at radius 2 is 2.22 bits per heavy atom. The van der Waals surface area contributed by atoms with E-state index >= 15 is 0 Å². The highest BCUT2D eigenvalue weighted by Gasteiger charge is 2.51. The van der Waals surface area contributed by atoms with Crippen LogP contribution in [0, 0.1) is 11.3 Å². The monoisotopic (exact) mass is 323 g/mol. The number of hydrogen-bond donors (Lipinski definition) is 1. The van der Waals surface area contributed by atoms with Gasteiger partial charge in [-0.2, -0.15) is 0 Å². The zero-order chi connectivity index (χ0) is 16.3. The van der Waals surface area contributed by atoms with Crippen LogP contribution in [0.25, 0.3) is 0 Å². The number of ether oxygens (including phenoxy) is 1. The number of carbonyl (C=O) groups excluding carboxylic acids is 1. The predicted molar refractivity (Wildman–Crippen MR) is 91.4 cm³/mol. The first-order valence-corrected chi connectivity index (χ1v) is 9.44. The van der Waals surface area contributed by atoms with Gasteiger partial charge in [0.15, 0.2) is 0 Å². The maximum Gasteiger partial charge on any atom is 0.230 e. The van der Waals surface area contributed by atoms with E-state index in [0.717, 1.165) is 58.7 Å². The third kappa shape index (κ3) is 3.28. The lowest BCUT2D eigenvalue weighted by Crippen LogP contribution is -2.59. The molecule has 0 aromatic carbocycles. The van der Waals surface area contributed by atoms with Gasteiger partial charge < -0.3 is 15.0 Å². The van der Waals surface area contributed by atoms with Gasteiger partial charge >= 0.3 is 0 Å². The van der Waals surface area contributed by atoms with Crippen LogP contribution in [0.2, 0.25) is 0 Å². The van der Waals surface area contributed by atoms with Crippen molar-refractivity contribution in [2.75, 3.05) is 53.0 Å². The Bertz CT molecular complexity index is 417. The van der Waals surface area contributed by atoms with Crippen LogP contribution in [-0.2, 0) is 9.53 Å². The Morgan fingerprint density at radius 3 is 3.00 bits per heavy atom. The second kappa shape index (κ2) is 7.49. The van der Waals surface area contributed by atoms with Crippen LogP contribution in [0.5, 0.6) is 0 Å². The van der Waals surface area contributed by atoms with Gasteiger partial charge in [0, 0.05) is 45.9 Å². The van der Waals surface area contributed by atoms with Crippen molar-refractivity contribution in [1.29, 1.82) is 0 Å². The quantitative estimate of drug-likeness (QED) is 0.829. The minimum absolute atomic E-state index is 0.0920. The first-order chi connectivity index (χ1) is 11.2. The molecule has 0 bridgehead atoms. The fourth-order valence-corrected chi connectivity index (χ4v) is 4.95. The van der Waals surface area contributed by atoms with Crippen molar-refractivity contribution < 1.29 is 9.53 Å². The zero-order valence-corrected chi connectivity index (χ0v) is 14.9. The second-order valence-electron chi connectivity index (χ2n) is 7.57. The molecule has 0 aromatic heterocycles. The molecule has 2 aliphatic heterocycles. The molecular formula is C18H33N3O2. The number of hydrogen-bond acceptors (Lipinski definition) is 4. The van der Waals surface area contributed by atoms with Crippen LogP contribution in [0.3, 0.4) is 0 Å². The van der Waals surface area contributed by atoms with E-state index in [-0.39, 0.29) is 5.41 Å². The van der Waals surface area contributed by atoms with E-state index < -0.39 is 0 Å². The number of methoxy groups -OCH3 is 1. The lowest BCUT2D eigenvalue weighted by Gasteiger charge is -2.46. The molecule has 0 spiro atoms. The van der Waals surface area contributed by atoms with E-state index in [1.165, 1.54) is 19.3 Å². The maximum atomic E-state index is 13.4. The third-order valence-electron chi connectivity index (χ3n) is 6.41. The van der Waals surface area contributed by atoms with E-state index in [4.69, 9.17) is 4.74 Å². The highest BCUT2D eigenvalue weighted by atomic mass is 16.5. The van der Waals surface area contributed by atoms with Gasteiger partial charge in [-0.1, -0.05) is 19.8 Å². The molecular weight excluding hydrogens is 290 g/mol. The summed E-state index contributed by atoms with van der Waals surface area (Å²) in [7, 11) is 1.76. The van der Waals surface area contributed by atoms with Crippen molar-refractivity contribution in [2.45, 2.75) is 45.1 Å². The molecule has 3 atom stereocenters. The van der Waals surface area contributed by atoms with Crippen molar-refractivity contribution in [1.82, 2.24) is 15.1 Å². The number of piperazine rings is 1. The van der Waals surface area contributed by atoms with Crippen molar-refractivity contribution in [3.05, 3.63) is 0 Å². The fourth-order valence-electron chi connectivity index (χ4n) is 4.95. The van der Waals surface area contributed by atoms with Gasteiger partial charge in [-0.3, -0.25) is 9.69 Å². The molecule has 5 heteroatoms. The molecule has 3 fully saturated rings. The van der Waals surface area contributed by atoms with Gasteiger partial charge in [0.05, 0.1) is 12.0 Å². The van der Waals surface area contributed by atoms with Crippen molar-refractivity contribution in [2.24, 2.45) is 11.3 Å². The fraction of sp³-hybridized carbons (Fsp3) is 0.944. The molecule has 0 radical (unpaired) electrons. The molecule has 1 unspecified atom stereocenters. The topological polar surface area (TPSA) is 44.8 Å². The number of amides is 1. The summed E-state index contributed by atoms with van der Waals surface area (Å²) in [4.78, 5) is 18.1. The molecule has 1 amide bonds. The third-order valence-corrected chi connectivity index (χ3v) is 6.41. The highest BCUT2D eigenvalue weighted by Crippen LogP contribution is 2.45. The van der Waals surface area contributed by atoms with Crippen molar-refractivity contribution >= 4 is 5.91 Å². The summed E-state index contributed by atoms with van der Waals surface area (Å²) in [6.45, 7) is 8.70. The van der Waals surface area contributed by atoms with Gasteiger partial charge in [0.2, 0.25) is 5.91 Å². The van der Waals surface area contributed by atoms with Gasteiger partial charge in [-0.05, 0) is 31.7 Å². The largest absolute Gasteiger partial charge is 0.383 e. The Hall–Kier alpha value is -0.650. The SMILES string of the molecule is CCC1CN(C(=O)[C@@]23CCCC[C@H]2CNC3)CCN1CCOC. The Labute approximate surface area is 140 Å². The summed E-state index contributed by atoms with van der Waals surface area (Å²) < 4.78 is 5.23. The first-order valence-electron chi connectivity index (χ1n) is 9.44. The van der Waals surface area contributed by atoms with Crippen LogP contribution in [0.1, 0.15) is 39.0 Å². The number of nitrogens with zero attached hydrogens (tertiary/aromatic N) is 2. The standard InChI is InChI=1S/C18H33N3O2/c1-3-16-13-21(9-8-20(16)10-11-23-2)17(22)18-7-5-4-6-15(18)12-19-14-18/h15-16,19H,3-14H2,1-2H3/t15-,16?,18+/m0/s1. The summed E-state index contributed by atoms with van der Waals surface area (Å²) in [5.41, 5.74) is -0.0920. The van der Waals surface area contributed by atoms with Crippen LogP contribution in [-0.4, -0.2) is 74.7 Å². The van der Waals surface area contributed by atoms with E-state index in [9.17, 15) is 4.79 Å². The van der Waals surface area contributed by atoms with Gasteiger partial charge in [-0.25, -0.2) is 0 Å². The molecule has 0 aromatic rings. The lowest BCUT2D eigenvalue weighted by atomic mass is 9.67. The number of rotatable bonds is 5. The molecule has 5 nitrogen and oxygen atoms in total. The highest BCUT2D eigenvalue weighted by molar-refractivity contribution is 5.84. The Morgan fingerprint density at radius 1 is 1.35 bits per heavy atom. The summed E-state index contributed by atoms with van der Waals surface area (Å²) in [6.07, 6.45) is 5.93. The van der Waals surface area contributed by atoms with Crippen LogP contribution >= 0.6 is 0 Å². The smallest absolute Gasteiger partial charge is 0.230 e. The molecule has 2 heterocycles. The van der Waals surface area contributed by atoms with Gasteiger partial charge in [0.25, 0.3) is 0 Å². The summed E-state index contributed by atoms with van der Waals surface area (Å²) >= 11 is 0. The minimum atomic E-state index is -0.0920. The Balaban J connectivity index is 1.66. The van der Waals surface area contributed by atoms with E-state index in [1.54, 1.807) is 7.11 Å². The average molecular weight is 323 g/mol. The molecule has 132 valence electrons. The summed E-state index contributed by atoms with van der Waals surface area (Å²) in [6, 6.07) is 0.482. The molecule has 23 heavy (non-hydrogen) atoms. The molecule has 3 rings (SSSR count). The Kier molecular flexibility index (Phi) is 5.60. The summed E-state index contributed by atoms with van der Waals surface area (Å²) in [5, 5.41) is 3.51. The van der Waals surface area contributed by atoms with Crippen LogP contribution in [0.15, 0.2) is 0 Å². The molecule has 1 saturated carbocycles. The van der Waals surface area contributed by atoms with Crippen molar-refractivity contribution in [3.63, 3.8) is 0 Å². The van der Waals surface area contributed by atoms with Gasteiger partial charge in [-0.15, -0.1) is 0 Å². The van der Waals surface area contributed by atoms with E-state index in [1.807, 2.05) is 0 Å². The molecule has 1 N–H and O–H groups in total. The molecule has 3 aliphatic rings. The minimum Gasteiger partial charge on any atom is -0.383 e. The van der Waals surface area contributed by atoms with Crippen molar-refractivity contribution in [3.8, 4) is 0 Å². The van der Waals surface area contributed by atoms with Crippen LogP contribution < -0.4 is 5.32 Å². The number of nitrogens with one attached hydrogen (secondary N) is 1. The summed E-state index contributed by atoms with van der Waals surface area (Å²) in [5.74, 6) is 1.01. The lowest BCUT2D eigenvalue weighted by molar-refractivity contribution is -0.148. The normalized spacial score (nSPS) is 35.3. The van der Waals surface area contributed by atoms with Crippen LogP contribution in [0.4, 0.5) is 0 Å². The molecule has 1 aliphatic carbocycles. The number of carbonyl (C=O) groups is 1. The van der Waals surface area contributed by atoms with E-state index in [0.29, 0.717) is 17.9 Å². The zero-order valence-electron chi connectivity index (χ0n) is 14.9. The van der Waals surface area contributed by atoms with Gasteiger partial charge in [0.1, 0.15) is 0 Å². The second-order valence-corrected chi connectivity index (χ2v) is 7.57.